The molecular formula is C15H20N2O4. The Labute approximate surface area is 123 Å². The van der Waals surface area contributed by atoms with E-state index in [-0.39, 0.29) is 11.4 Å². The van der Waals surface area contributed by atoms with Gasteiger partial charge in [-0.05, 0) is 31.9 Å². The number of carboxylic acids is 1. The molecule has 1 fully saturated rings. The van der Waals surface area contributed by atoms with Crippen LogP contribution in [0.3, 0.4) is 0 Å². The van der Waals surface area contributed by atoms with Gasteiger partial charge in [0, 0.05) is 5.69 Å². The number of carbonyl (C=O) groups is 2. The second kappa shape index (κ2) is 6.11. The molecule has 1 aromatic rings. The van der Waals surface area contributed by atoms with Gasteiger partial charge in [-0.3, -0.25) is 4.79 Å². The molecule has 0 atom stereocenters. The Balaban J connectivity index is 2.25. The summed E-state index contributed by atoms with van der Waals surface area (Å²) in [7, 11) is 1.44. The molecule has 1 aromatic heterocycles. The van der Waals surface area contributed by atoms with Crippen molar-refractivity contribution in [2.75, 3.05) is 7.11 Å². The first kappa shape index (κ1) is 15.3. The Morgan fingerprint density at radius 2 is 1.95 bits per heavy atom. The molecule has 0 saturated heterocycles. The van der Waals surface area contributed by atoms with Crippen LogP contribution in [0.2, 0.25) is 0 Å². The van der Waals surface area contributed by atoms with Crippen LogP contribution < -0.4 is 10.1 Å². The third-order valence-electron chi connectivity index (χ3n) is 3.91. The van der Waals surface area contributed by atoms with Crippen LogP contribution in [0.4, 0.5) is 0 Å². The zero-order valence-corrected chi connectivity index (χ0v) is 12.3. The highest BCUT2D eigenvalue weighted by Crippen LogP contribution is 2.29. The molecule has 1 heterocycles. The molecule has 1 amide bonds. The van der Waals surface area contributed by atoms with Crippen LogP contribution in [0.1, 0.15) is 48.2 Å². The highest BCUT2D eigenvalue weighted by Gasteiger charge is 2.41. The molecule has 0 aliphatic heterocycles. The number of pyridine rings is 1. The summed E-state index contributed by atoms with van der Waals surface area (Å²) in [5.74, 6) is -1.22. The SMILES string of the molecule is COc1nc(C)ccc1C(=O)NC1(C(=O)O)CCCCC1. The number of amides is 1. The van der Waals surface area contributed by atoms with Crippen molar-refractivity contribution >= 4 is 11.9 Å². The van der Waals surface area contributed by atoms with Crippen LogP contribution in [0.15, 0.2) is 12.1 Å². The number of rotatable bonds is 4. The predicted molar refractivity (Wildman–Crippen MR) is 76.4 cm³/mol. The zero-order chi connectivity index (χ0) is 15.5. The molecule has 6 nitrogen and oxygen atoms in total. The molecule has 0 radical (unpaired) electrons. The van der Waals surface area contributed by atoms with E-state index < -0.39 is 17.4 Å². The van der Waals surface area contributed by atoms with E-state index in [2.05, 4.69) is 10.3 Å². The fraction of sp³-hybridized carbons (Fsp3) is 0.533. The second-order valence-electron chi connectivity index (χ2n) is 5.41. The smallest absolute Gasteiger partial charge is 0.329 e. The lowest BCUT2D eigenvalue weighted by atomic mass is 9.81. The second-order valence-corrected chi connectivity index (χ2v) is 5.41. The third kappa shape index (κ3) is 3.15. The lowest BCUT2D eigenvalue weighted by molar-refractivity contribution is -0.145. The van der Waals surface area contributed by atoms with E-state index in [9.17, 15) is 14.7 Å². The number of methoxy groups -OCH3 is 1. The van der Waals surface area contributed by atoms with Crippen molar-refractivity contribution in [3.8, 4) is 5.88 Å². The summed E-state index contributed by atoms with van der Waals surface area (Å²) in [6.07, 6.45) is 3.51. The quantitative estimate of drug-likeness (QED) is 0.885. The summed E-state index contributed by atoms with van der Waals surface area (Å²) < 4.78 is 5.11. The molecule has 1 aliphatic rings. The van der Waals surface area contributed by atoms with Crippen molar-refractivity contribution in [1.82, 2.24) is 10.3 Å². The van der Waals surface area contributed by atoms with Crippen molar-refractivity contribution in [3.63, 3.8) is 0 Å². The standard InChI is InChI=1S/C15H20N2O4/c1-10-6-7-11(13(16-10)21-2)12(18)17-15(14(19)20)8-4-3-5-9-15/h6-7H,3-5,8-9H2,1-2H3,(H,17,18)(H,19,20). The molecule has 6 heteroatoms. The van der Waals surface area contributed by atoms with Gasteiger partial charge in [0.15, 0.2) is 0 Å². The minimum absolute atomic E-state index is 0.212. The van der Waals surface area contributed by atoms with Crippen molar-refractivity contribution in [2.24, 2.45) is 0 Å². The van der Waals surface area contributed by atoms with Gasteiger partial charge in [0.05, 0.1) is 7.11 Å². The third-order valence-corrected chi connectivity index (χ3v) is 3.91. The molecule has 1 saturated carbocycles. The highest BCUT2D eigenvalue weighted by atomic mass is 16.5. The summed E-state index contributed by atoms with van der Waals surface area (Å²) in [6.45, 7) is 1.80. The lowest BCUT2D eigenvalue weighted by Crippen LogP contribution is -2.55. The summed E-state index contributed by atoms with van der Waals surface area (Å²) in [5, 5.41) is 12.2. The van der Waals surface area contributed by atoms with E-state index in [4.69, 9.17) is 4.74 Å². The van der Waals surface area contributed by atoms with Gasteiger partial charge in [-0.25, -0.2) is 9.78 Å². The fourth-order valence-corrected chi connectivity index (χ4v) is 2.69. The summed E-state index contributed by atoms with van der Waals surface area (Å²) >= 11 is 0. The van der Waals surface area contributed by atoms with E-state index >= 15 is 0 Å². The number of aromatic nitrogens is 1. The molecule has 2 N–H and O–H groups in total. The van der Waals surface area contributed by atoms with Crippen molar-refractivity contribution in [3.05, 3.63) is 23.4 Å². The largest absolute Gasteiger partial charge is 0.480 e. The molecular weight excluding hydrogens is 272 g/mol. The molecule has 21 heavy (non-hydrogen) atoms. The first-order valence-electron chi connectivity index (χ1n) is 7.06. The molecule has 0 aromatic carbocycles. The number of carbonyl (C=O) groups excluding carboxylic acids is 1. The van der Waals surface area contributed by atoms with Crippen LogP contribution in [0.25, 0.3) is 0 Å². The summed E-state index contributed by atoms with van der Waals surface area (Å²) in [6, 6.07) is 3.31. The molecule has 0 spiro atoms. The van der Waals surface area contributed by atoms with Gasteiger partial charge in [0.2, 0.25) is 5.88 Å². The molecule has 0 bridgehead atoms. The molecule has 114 valence electrons. The number of nitrogens with one attached hydrogen (secondary N) is 1. The average Bonchev–Trinajstić information content (AvgIpc) is 2.47. The minimum Gasteiger partial charge on any atom is -0.480 e. The van der Waals surface area contributed by atoms with E-state index in [0.29, 0.717) is 12.8 Å². The number of hydrogen-bond donors (Lipinski definition) is 2. The Kier molecular flexibility index (Phi) is 4.45. The maximum absolute atomic E-state index is 12.4. The van der Waals surface area contributed by atoms with E-state index in [1.807, 2.05) is 0 Å². The van der Waals surface area contributed by atoms with Crippen molar-refractivity contribution < 1.29 is 19.4 Å². The van der Waals surface area contributed by atoms with Crippen LogP contribution in [0.5, 0.6) is 5.88 Å². The van der Waals surface area contributed by atoms with Crippen LogP contribution in [-0.4, -0.2) is 34.6 Å². The van der Waals surface area contributed by atoms with Gasteiger partial charge in [-0.1, -0.05) is 19.3 Å². The van der Waals surface area contributed by atoms with Gasteiger partial charge in [-0.2, -0.15) is 0 Å². The van der Waals surface area contributed by atoms with Gasteiger partial charge in [0.25, 0.3) is 5.91 Å². The summed E-state index contributed by atoms with van der Waals surface area (Å²) in [5.41, 5.74) is -0.186. The Morgan fingerprint density at radius 1 is 1.29 bits per heavy atom. The van der Waals surface area contributed by atoms with E-state index in [1.54, 1.807) is 19.1 Å². The molecule has 2 rings (SSSR count). The number of aryl methyl sites for hydroxylation is 1. The number of nitrogens with zero attached hydrogens (tertiary/aromatic N) is 1. The van der Waals surface area contributed by atoms with Crippen LogP contribution in [-0.2, 0) is 4.79 Å². The van der Waals surface area contributed by atoms with Gasteiger partial charge < -0.3 is 15.2 Å². The topological polar surface area (TPSA) is 88.5 Å². The lowest BCUT2D eigenvalue weighted by Gasteiger charge is -2.34. The maximum Gasteiger partial charge on any atom is 0.329 e. The number of aliphatic carboxylic acids is 1. The minimum atomic E-state index is -1.18. The van der Waals surface area contributed by atoms with E-state index in [0.717, 1.165) is 25.0 Å². The fourth-order valence-electron chi connectivity index (χ4n) is 2.69. The normalized spacial score (nSPS) is 17.0. The number of ether oxygens (including phenoxy) is 1. The van der Waals surface area contributed by atoms with Gasteiger partial charge >= 0.3 is 5.97 Å². The van der Waals surface area contributed by atoms with Crippen molar-refractivity contribution in [1.29, 1.82) is 0 Å². The maximum atomic E-state index is 12.4. The average molecular weight is 292 g/mol. The summed E-state index contributed by atoms with van der Waals surface area (Å²) in [4.78, 5) is 28.2. The first-order chi connectivity index (χ1) is 9.98. The van der Waals surface area contributed by atoms with Crippen LogP contribution in [0, 0.1) is 6.92 Å². The number of carboxylic acid groups (broad SMARTS) is 1. The Hall–Kier alpha value is -2.11. The van der Waals surface area contributed by atoms with Crippen LogP contribution >= 0.6 is 0 Å². The monoisotopic (exact) mass is 292 g/mol. The Morgan fingerprint density at radius 3 is 2.52 bits per heavy atom. The molecule has 1 aliphatic carbocycles. The number of hydrogen-bond acceptors (Lipinski definition) is 4. The zero-order valence-electron chi connectivity index (χ0n) is 12.3. The van der Waals surface area contributed by atoms with Gasteiger partial charge in [-0.15, -0.1) is 0 Å². The first-order valence-corrected chi connectivity index (χ1v) is 7.06. The Bertz CT molecular complexity index is 551. The van der Waals surface area contributed by atoms with E-state index in [1.165, 1.54) is 7.11 Å². The predicted octanol–water partition coefficient (Wildman–Crippen LogP) is 1.92. The highest BCUT2D eigenvalue weighted by molar-refractivity contribution is 5.99. The van der Waals surface area contributed by atoms with Crippen molar-refractivity contribution in [2.45, 2.75) is 44.6 Å². The van der Waals surface area contributed by atoms with Gasteiger partial charge in [0.1, 0.15) is 11.1 Å². The molecule has 0 unspecified atom stereocenters.